The average Bonchev–Trinajstić information content (AvgIpc) is 2.39. The number of allylic oxidation sites excluding steroid dienone is 1. The van der Waals surface area contributed by atoms with Gasteiger partial charge in [0.25, 0.3) is 0 Å². The van der Waals surface area contributed by atoms with Gasteiger partial charge in [-0.1, -0.05) is 30.3 Å². The van der Waals surface area contributed by atoms with E-state index in [4.69, 9.17) is 10.1 Å². The maximum atomic E-state index is 11.9. The number of carbonyl (C=O) groups is 1. The molecule has 0 aliphatic carbocycles. The fraction of sp³-hybridized carbons (Fsp3) is 0.333. The van der Waals surface area contributed by atoms with Crippen molar-refractivity contribution in [2.45, 2.75) is 20.3 Å². The summed E-state index contributed by atoms with van der Waals surface area (Å²) in [6.07, 6.45) is 0.571. The highest BCUT2D eigenvalue weighted by molar-refractivity contribution is 6.18. The van der Waals surface area contributed by atoms with E-state index >= 15 is 0 Å². The number of hydrogen-bond acceptors (Lipinski definition) is 4. The first kappa shape index (κ1) is 15.0. The molecule has 0 saturated carbocycles. The lowest BCUT2D eigenvalue weighted by Crippen LogP contribution is -2.22. The fourth-order valence-electron chi connectivity index (χ4n) is 1.81. The van der Waals surface area contributed by atoms with E-state index in [0.717, 1.165) is 5.56 Å². The number of likely N-dealkylation sites (N-methyl/N-ethyl adjacent to an activating group) is 1. The van der Waals surface area contributed by atoms with Crippen molar-refractivity contribution in [1.82, 2.24) is 5.32 Å². The van der Waals surface area contributed by atoms with Crippen molar-refractivity contribution >= 4 is 11.7 Å². The third-order valence-corrected chi connectivity index (χ3v) is 2.68. The molecule has 2 N–H and O–H groups in total. The second-order valence-corrected chi connectivity index (χ2v) is 4.11. The van der Waals surface area contributed by atoms with Crippen LogP contribution in [0.1, 0.15) is 19.4 Å². The van der Waals surface area contributed by atoms with Crippen LogP contribution in [-0.2, 0) is 16.0 Å². The summed E-state index contributed by atoms with van der Waals surface area (Å²) in [4.78, 5) is 11.9. The summed E-state index contributed by atoms with van der Waals surface area (Å²) in [6.45, 7) is 3.65. The Balaban J connectivity index is 3.09. The van der Waals surface area contributed by atoms with Gasteiger partial charge in [0.1, 0.15) is 0 Å². The summed E-state index contributed by atoms with van der Waals surface area (Å²) in [6, 6.07) is 9.81. The standard InChI is InChI=1S/C15H20N2O2/c1-4-19-15(18)14(11(2)16)13(17-3)10-12-8-6-5-7-9-12/h5-9,16-17H,4,10H2,1-3H3/b14-13+,16-11?. The molecular weight excluding hydrogens is 240 g/mol. The molecule has 1 aromatic carbocycles. The summed E-state index contributed by atoms with van der Waals surface area (Å²) in [5, 5.41) is 10.8. The lowest BCUT2D eigenvalue weighted by Gasteiger charge is -2.13. The first-order chi connectivity index (χ1) is 9.10. The van der Waals surface area contributed by atoms with Crippen LogP contribution in [0.15, 0.2) is 41.6 Å². The molecule has 1 rings (SSSR count). The third-order valence-electron chi connectivity index (χ3n) is 2.68. The Kier molecular flexibility index (Phi) is 5.79. The van der Waals surface area contributed by atoms with E-state index in [2.05, 4.69) is 5.32 Å². The number of nitrogens with one attached hydrogen (secondary N) is 2. The Labute approximate surface area is 114 Å². The molecule has 0 aliphatic heterocycles. The lowest BCUT2D eigenvalue weighted by molar-refractivity contribution is -0.137. The van der Waals surface area contributed by atoms with Crippen LogP contribution in [0.3, 0.4) is 0 Å². The highest BCUT2D eigenvalue weighted by atomic mass is 16.5. The van der Waals surface area contributed by atoms with Crippen molar-refractivity contribution in [3.63, 3.8) is 0 Å². The number of esters is 1. The van der Waals surface area contributed by atoms with Crippen molar-refractivity contribution < 1.29 is 9.53 Å². The zero-order chi connectivity index (χ0) is 14.3. The van der Waals surface area contributed by atoms with Gasteiger partial charge < -0.3 is 15.5 Å². The van der Waals surface area contributed by atoms with Gasteiger partial charge in [-0.05, 0) is 19.4 Å². The van der Waals surface area contributed by atoms with Crippen LogP contribution < -0.4 is 5.32 Å². The van der Waals surface area contributed by atoms with Crippen LogP contribution in [0.2, 0.25) is 0 Å². The first-order valence-electron chi connectivity index (χ1n) is 6.27. The number of benzene rings is 1. The van der Waals surface area contributed by atoms with Gasteiger partial charge in [-0.15, -0.1) is 0 Å². The third kappa shape index (κ3) is 4.25. The summed E-state index contributed by atoms with van der Waals surface area (Å²) >= 11 is 0. The molecule has 0 aromatic heterocycles. The lowest BCUT2D eigenvalue weighted by atomic mass is 10.0. The molecule has 4 heteroatoms. The molecule has 0 aliphatic rings. The van der Waals surface area contributed by atoms with Crippen LogP contribution in [-0.4, -0.2) is 25.3 Å². The van der Waals surface area contributed by atoms with Gasteiger partial charge >= 0.3 is 5.97 Å². The predicted octanol–water partition coefficient (Wildman–Crippen LogP) is 2.31. The predicted molar refractivity (Wildman–Crippen MR) is 76.3 cm³/mol. The van der Waals surface area contributed by atoms with E-state index in [-0.39, 0.29) is 5.71 Å². The molecule has 0 heterocycles. The quantitative estimate of drug-likeness (QED) is 0.468. The summed E-state index contributed by atoms with van der Waals surface area (Å²) in [5.74, 6) is -0.449. The van der Waals surface area contributed by atoms with E-state index in [9.17, 15) is 4.79 Å². The number of ether oxygens (including phenoxy) is 1. The van der Waals surface area contributed by atoms with Crippen molar-refractivity contribution in [3.8, 4) is 0 Å². The first-order valence-corrected chi connectivity index (χ1v) is 6.27. The van der Waals surface area contributed by atoms with E-state index in [1.807, 2.05) is 30.3 Å². The van der Waals surface area contributed by atoms with Gasteiger partial charge in [0.05, 0.1) is 12.2 Å². The van der Waals surface area contributed by atoms with Gasteiger partial charge in [0.2, 0.25) is 0 Å². The Morgan fingerprint density at radius 3 is 2.42 bits per heavy atom. The van der Waals surface area contributed by atoms with Crippen LogP contribution >= 0.6 is 0 Å². The zero-order valence-corrected chi connectivity index (χ0v) is 11.6. The Hall–Kier alpha value is -2.10. The smallest absolute Gasteiger partial charge is 0.341 e. The summed E-state index contributed by atoms with van der Waals surface area (Å²) in [5.41, 5.74) is 2.30. The Bertz CT molecular complexity index is 478. The number of hydrogen-bond donors (Lipinski definition) is 2. The van der Waals surface area contributed by atoms with Gasteiger partial charge in [-0.25, -0.2) is 4.79 Å². The van der Waals surface area contributed by atoms with Crippen molar-refractivity contribution in [2.24, 2.45) is 0 Å². The largest absolute Gasteiger partial charge is 0.462 e. The number of rotatable bonds is 6. The van der Waals surface area contributed by atoms with Crippen LogP contribution in [0.4, 0.5) is 0 Å². The van der Waals surface area contributed by atoms with Gasteiger partial charge in [-0.2, -0.15) is 0 Å². The van der Waals surface area contributed by atoms with E-state index in [0.29, 0.717) is 24.3 Å². The highest BCUT2D eigenvalue weighted by Crippen LogP contribution is 2.12. The van der Waals surface area contributed by atoms with Crippen LogP contribution in [0.25, 0.3) is 0 Å². The van der Waals surface area contributed by atoms with Crippen molar-refractivity contribution in [2.75, 3.05) is 13.7 Å². The molecule has 4 nitrogen and oxygen atoms in total. The van der Waals surface area contributed by atoms with Crippen LogP contribution in [0, 0.1) is 5.41 Å². The van der Waals surface area contributed by atoms with Gasteiger partial charge in [0.15, 0.2) is 0 Å². The fourth-order valence-corrected chi connectivity index (χ4v) is 1.81. The molecular formula is C15H20N2O2. The topological polar surface area (TPSA) is 62.2 Å². The van der Waals surface area contributed by atoms with E-state index in [1.165, 1.54) is 0 Å². The SMILES string of the molecule is CCOC(=O)/C(C(C)=N)=C(\Cc1ccccc1)NC. The minimum absolute atomic E-state index is 0.207. The second kappa shape index (κ2) is 7.36. The maximum Gasteiger partial charge on any atom is 0.341 e. The van der Waals surface area contributed by atoms with Crippen molar-refractivity contribution in [1.29, 1.82) is 5.41 Å². The maximum absolute atomic E-state index is 11.9. The average molecular weight is 260 g/mol. The molecule has 0 fully saturated rings. The number of carbonyl (C=O) groups excluding carboxylic acids is 1. The molecule has 19 heavy (non-hydrogen) atoms. The minimum atomic E-state index is -0.449. The van der Waals surface area contributed by atoms with Crippen LogP contribution in [0.5, 0.6) is 0 Å². The second-order valence-electron chi connectivity index (χ2n) is 4.11. The highest BCUT2D eigenvalue weighted by Gasteiger charge is 2.18. The molecule has 0 unspecified atom stereocenters. The molecule has 0 radical (unpaired) electrons. The molecule has 0 atom stereocenters. The molecule has 1 aromatic rings. The summed E-state index contributed by atoms with van der Waals surface area (Å²) < 4.78 is 5.01. The van der Waals surface area contributed by atoms with Gasteiger partial charge in [0, 0.05) is 24.9 Å². The molecule has 0 bridgehead atoms. The molecule has 0 amide bonds. The summed E-state index contributed by atoms with van der Waals surface area (Å²) in [7, 11) is 1.75. The molecule has 0 spiro atoms. The monoisotopic (exact) mass is 260 g/mol. The zero-order valence-electron chi connectivity index (χ0n) is 11.6. The molecule has 0 saturated heterocycles. The van der Waals surface area contributed by atoms with E-state index < -0.39 is 5.97 Å². The molecule has 102 valence electrons. The van der Waals surface area contributed by atoms with E-state index in [1.54, 1.807) is 20.9 Å². The Morgan fingerprint density at radius 1 is 1.32 bits per heavy atom. The van der Waals surface area contributed by atoms with Crippen molar-refractivity contribution in [3.05, 3.63) is 47.2 Å². The van der Waals surface area contributed by atoms with Gasteiger partial charge in [-0.3, -0.25) is 0 Å². The Morgan fingerprint density at radius 2 is 1.95 bits per heavy atom. The normalized spacial score (nSPS) is 11.5. The minimum Gasteiger partial charge on any atom is -0.462 e.